The van der Waals surface area contributed by atoms with E-state index in [4.69, 9.17) is 0 Å². The SMILES string of the molecule is O=C1CCCC1CCC=CCSc1ccccc1. The van der Waals surface area contributed by atoms with Crippen LogP contribution >= 0.6 is 11.8 Å². The van der Waals surface area contributed by atoms with Crippen LogP contribution in [-0.2, 0) is 4.79 Å². The molecule has 0 aliphatic heterocycles. The largest absolute Gasteiger partial charge is 0.299 e. The van der Waals surface area contributed by atoms with Crippen molar-refractivity contribution in [1.82, 2.24) is 0 Å². The molecule has 1 unspecified atom stereocenters. The summed E-state index contributed by atoms with van der Waals surface area (Å²) in [7, 11) is 0. The fourth-order valence-corrected chi connectivity index (χ4v) is 3.11. The molecule has 1 aliphatic rings. The summed E-state index contributed by atoms with van der Waals surface area (Å²) in [4.78, 5) is 12.8. The van der Waals surface area contributed by atoms with Gasteiger partial charge in [-0.05, 0) is 37.8 Å². The molecule has 0 N–H and O–H groups in total. The number of benzene rings is 1. The summed E-state index contributed by atoms with van der Waals surface area (Å²) in [6, 6.07) is 10.4. The first kappa shape index (κ1) is 13.4. The van der Waals surface area contributed by atoms with E-state index in [1.807, 2.05) is 17.8 Å². The van der Waals surface area contributed by atoms with Gasteiger partial charge in [0.2, 0.25) is 0 Å². The lowest BCUT2D eigenvalue weighted by atomic mass is 10.0. The Kier molecular flexibility index (Phi) is 5.53. The van der Waals surface area contributed by atoms with Crippen molar-refractivity contribution in [2.75, 3.05) is 5.75 Å². The van der Waals surface area contributed by atoms with Gasteiger partial charge in [0.15, 0.2) is 0 Å². The smallest absolute Gasteiger partial charge is 0.135 e. The van der Waals surface area contributed by atoms with Crippen LogP contribution in [-0.4, -0.2) is 11.5 Å². The molecule has 0 saturated heterocycles. The summed E-state index contributed by atoms with van der Waals surface area (Å²) in [6.45, 7) is 0. The predicted octanol–water partition coefficient (Wildman–Crippen LogP) is 4.48. The first-order valence-electron chi connectivity index (χ1n) is 6.72. The standard InChI is InChI=1S/C16H20OS/c17-16-12-7-9-14(16)8-3-2-6-13-18-15-10-4-1-5-11-15/h1-2,4-6,10-11,14H,3,7-9,12-13H2. The van der Waals surface area contributed by atoms with E-state index in [2.05, 4.69) is 36.4 Å². The van der Waals surface area contributed by atoms with Crippen LogP contribution in [0.5, 0.6) is 0 Å². The zero-order valence-electron chi connectivity index (χ0n) is 10.7. The minimum absolute atomic E-state index is 0.358. The number of rotatable bonds is 6. The Hall–Kier alpha value is -1.02. The average molecular weight is 260 g/mol. The van der Waals surface area contributed by atoms with Crippen molar-refractivity contribution in [3.8, 4) is 0 Å². The van der Waals surface area contributed by atoms with E-state index in [9.17, 15) is 4.79 Å². The Morgan fingerprint density at radius 1 is 1.22 bits per heavy atom. The third-order valence-corrected chi connectivity index (χ3v) is 4.33. The van der Waals surface area contributed by atoms with Crippen LogP contribution in [0.4, 0.5) is 0 Å². The molecule has 0 spiro atoms. The Morgan fingerprint density at radius 2 is 2.06 bits per heavy atom. The second-order valence-electron chi connectivity index (χ2n) is 4.73. The maximum atomic E-state index is 11.5. The molecule has 1 aromatic rings. The summed E-state index contributed by atoms with van der Waals surface area (Å²) < 4.78 is 0. The number of thioether (sulfide) groups is 1. The molecule has 1 aromatic carbocycles. The predicted molar refractivity (Wildman–Crippen MR) is 77.9 cm³/mol. The normalized spacial score (nSPS) is 19.8. The van der Waals surface area contributed by atoms with Crippen LogP contribution in [0.25, 0.3) is 0 Å². The van der Waals surface area contributed by atoms with Crippen LogP contribution in [0.2, 0.25) is 0 Å². The van der Waals surface area contributed by atoms with Crippen LogP contribution in [0.15, 0.2) is 47.4 Å². The molecule has 0 radical (unpaired) electrons. The molecule has 1 saturated carbocycles. The zero-order chi connectivity index (χ0) is 12.6. The third kappa shape index (κ3) is 4.34. The van der Waals surface area contributed by atoms with Crippen molar-refractivity contribution in [1.29, 1.82) is 0 Å². The molecule has 96 valence electrons. The number of Topliss-reactive ketones (excluding diaryl/α,β-unsaturated/α-hetero) is 1. The van der Waals surface area contributed by atoms with Crippen molar-refractivity contribution in [2.45, 2.75) is 37.0 Å². The third-order valence-electron chi connectivity index (χ3n) is 3.37. The van der Waals surface area contributed by atoms with Crippen LogP contribution in [0, 0.1) is 5.92 Å². The molecule has 0 amide bonds. The fraction of sp³-hybridized carbons (Fsp3) is 0.438. The minimum atomic E-state index is 0.358. The van der Waals surface area contributed by atoms with E-state index in [1.165, 1.54) is 4.90 Å². The van der Waals surface area contributed by atoms with Gasteiger partial charge in [-0.25, -0.2) is 0 Å². The maximum absolute atomic E-state index is 11.5. The van der Waals surface area contributed by atoms with Crippen LogP contribution in [0.3, 0.4) is 0 Å². The van der Waals surface area contributed by atoms with Gasteiger partial charge in [0.25, 0.3) is 0 Å². The molecule has 0 bridgehead atoms. The van der Waals surface area contributed by atoms with E-state index >= 15 is 0 Å². The molecule has 0 heterocycles. The Morgan fingerprint density at radius 3 is 2.78 bits per heavy atom. The minimum Gasteiger partial charge on any atom is -0.299 e. The van der Waals surface area contributed by atoms with Crippen molar-refractivity contribution < 1.29 is 4.79 Å². The van der Waals surface area contributed by atoms with Gasteiger partial charge in [-0.1, -0.05) is 30.4 Å². The van der Waals surface area contributed by atoms with Gasteiger partial charge in [0.1, 0.15) is 5.78 Å². The zero-order valence-corrected chi connectivity index (χ0v) is 11.5. The first-order valence-corrected chi connectivity index (χ1v) is 7.70. The number of allylic oxidation sites excluding steroid dienone is 1. The molecule has 1 nitrogen and oxygen atoms in total. The highest BCUT2D eigenvalue weighted by Gasteiger charge is 2.22. The number of carbonyl (C=O) groups excluding carboxylic acids is 1. The number of carbonyl (C=O) groups is 1. The maximum Gasteiger partial charge on any atom is 0.135 e. The van der Waals surface area contributed by atoms with E-state index < -0.39 is 0 Å². The Balaban J connectivity index is 1.59. The molecule has 0 aromatic heterocycles. The van der Waals surface area contributed by atoms with E-state index in [0.717, 1.165) is 37.9 Å². The van der Waals surface area contributed by atoms with Crippen LogP contribution in [0.1, 0.15) is 32.1 Å². The lowest BCUT2D eigenvalue weighted by Crippen LogP contribution is -2.04. The Labute approximate surface area is 114 Å². The van der Waals surface area contributed by atoms with Gasteiger partial charge >= 0.3 is 0 Å². The molecule has 2 heteroatoms. The monoisotopic (exact) mass is 260 g/mol. The van der Waals surface area contributed by atoms with E-state index in [0.29, 0.717) is 11.7 Å². The van der Waals surface area contributed by atoms with Gasteiger partial charge in [-0.3, -0.25) is 4.79 Å². The van der Waals surface area contributed by atoms with Crippen molar-refractivity contribution in [2.24, 2.45) is 5.92 Å². The molecular weight excluding hydrogens is 240 g/mol. The lowest BCUT2D eigenvalue weighted by Gasteiger charge is -2.03. The number of ketones is 1. The number of hydrogen-bond acceptors (Lipinski definition) is 2. The van der Waals surface area contributed by atoms with Gasteiger partial charge in [0.05, 0.1) is 0 Å². The summed E-state index contributed by atoms with van der Waals surface area (Å²) in [5.41, 5.74) is 0. The summed E-state index contributed by atoms with van der Waals surface area (Å²) in [5, 5.41) is 0. The highest BCUT2D eigenvalue weighted by atomic mass is 32.2. The van der Waals surface area contributed by atoms with Gasteiger partial charge < -0.3 is 0 Å². The van der Waals surface area contributed by atoms with Crippen molar-refractivity contribution in [3.63, 3.8) is 0 Å². The summed E-state index contributed by atoms with van der Waals surface area (Å²) in [6.07, 6.45) is 9.58. The Bertz CT molecular complexity index is 397. The van der Waals surface area contributed by atoms with Gasteiger partial charge in [-0.2, -0.15) is 0 Å². The highest BCUT2D eigenvalue weighted by molar-refractivity contribution is 7.99. The quantitative estimate of drug-likeness (QED) is 0.554. The van der Waals surface area contributed by atoms with Crippen molar-refractivity contribution in [3.05, 3.63) is 42.5 Å². The number of hydrogen-bond donors (Lipinski definition) is 0. The summed E-state index contributed by atoms with van der Waals surface area (Å²) in [5.74, 6) is 1.86. The molecule has 18 heavy (non-hydrogen) atoms. The van der Waals surface area contributed by atoms with Gasteiger partial charge in [-0.15, -0.1) is 11.8 Å². The van der Waals surface area contributed by atoms with E-state index in [1.54, 1.807) is 0 Å². The van der Waals surface area contributed by atoms with Crippen molar-refractivity contribution >= 4 is 17.5 Å². The summed E-state index contributed by atoms with van der Waals surface area (Å²) >= 11 is 1.85. The second-order valence-corrected chi connectivity index (χ2v) is 5.82. The van der Waals surface area contributed by atoms with Crippen LogP contribution < -0.4 is 0 Å². The highest BCUT2D eigenvalue weighted by Crippen LogP contribution is 2.25. The first-order chi connectivity index (χ1) is 8.86. The van der Waals surface area contributed by atoms with Gasteiger partial charge in [0, 0.05) is 23.0 Å². The molecule has 2 rings (SSSR count). The average Bonchev–Trinajstić information content (AvgIpc) is 2.81. The fourth-order valence-electron chi connectivity index (χ4n) is 2.34. The molecule has 1 fully saturated rings. The van der Waals surface area contributed by atoms with E-state index in [-0.39, 0.29) is 0 Å². The second kappa shape index (κ2) is 7.42. The molecular formula is C16H20OS. The lowest BCUT2D eigenvalue weighted by molar-refractivity contribution is -0.120. The topological polar surface area (TPSA) is 17.1 Å². The molecule has 1 atom stereocenters. The molecule has 1 aliphatic carbocycles.